The van der Waals surface area contributed by atoms with Crippen LogP contribution in [0.4, 0.5) is 18.9 Å². The molecule has 24 heavy (non-hydrogen) atoms. The summed E-state index contributed by atoms with van der Waals surface area (Å²) in [5.74, 6) is 0. The van der Waals surface area contributed by atoms with Crippen molar-refractivity contribution < 1.29 is 21.6 Å². The molecule has 1 aromatic carbocycles. The monoisotopic (exact) mass is 378 g/mol. The van der Waals surface area contributed by atoms with E-state index in [1.807, 2.05) is 26.0 Å². The Balaban J connectivity index is 2.25. The number of nitrogens with one attached hydrogen (secondary N) is 1. The molecule has 0 fully saturated rings. The number of nitrogens with two attached hydrogens (primary N) is 1. The molecule has 0 radical (unpaired) electrons. The van der Waals surface area contributed by atoms with Gasteiger partial charge < -0.3 is 5.32 Å². The lowest BCUT2D eigenvalue weighted by Gasteiger charge is -2.17. The lowest BCUT2D eigenvalue weighted by molar-refractivity contribution is -0.139. The largest absolute Gasteiger partial charge is 0.417 e. The molecule has 0 bridgehead atoms. The minimum absolute atomic E-state index is 0.121. The molecule has 2 rings (SSSR count). The van der Waals surface area contributed by atoms with Gasteiger partial charge in [-0.1, -0.05) is 0 Å². The summed E-state index contributed by atoms with van der Waals surface area (Å²) in [6.45, 7) is 3.82. The van der Waals surface area contributed by atoms with Crippen LogP contribution in [-0.4, -0.2) is 14.5 Å². The van der Waals surface area contributed by atoms with Crippen LogP contribution in [0.1, 0.15) is 22.2 Å². The van der Waals surface area contributed by atoms with Crippen LogP contribution in [0.3, 0.4) is 0 Å². The van der Waals surface area contributed by atoms with E-state index in [9.17, 15) is 21.6 Å². The summed E-state index contributed by atoms with van der Waals surface area (Å²) < 4.78 is 62.0. The normalized spacial score (nSPS) is 13.8. The van der Waals surface area contributed by atoms with Gasteiger partial charge in [0, 0.05) is 27.9 Å². The molecule has 0 saturated carbocycles. The van der Waals surface area contributed by atoms with Crippen molar-refractivity contribution in [3.05, 3.63) is 45.6 Å². The zero-order valence-electron chi connectivity index (χ0n) is 13.0. The smallest absolute Gasteiger partial charge is 0.382 e. The third-order valence-corrected chi connectivity index (χ3v) is 5.30. The number of thiophene rings is 1. The van der Waals surface area contributed by atoms with E-state index in [2.05, 4.69) is 5.32 Å². The zero-order chi connectivity index (χ0) is 18.1. The van der Waals surface area contributed by atoms with Crippen molar-refractivity contribution in [2.75, 3.05) is 5.32 Å². The molecular formula is C15H17F3N2O2S2. The first kappa shape index (κ1) is 18.8. The molecule has 0 aliphatic carbocycles. The Morgan fingerprint density at radius 3 is 2.42 bits per heavy atom. The number of hydrogen-bond donors (Lipinski definition) is 2. The van der Waals surface area contributed by atoms with E-state index in [4.69, 9.17) is 5.14 Å². The van der Waals surface area contributed by atoms with Crippen molar-refractivity contribution in [2.45, 2.75) is 37.4 Å². The molecule has 0 amide bonds. The van der Waals surface area contributed by atoms with Gasteiger partial charge in [0.25, 0.3) is 0 Å². The first-order valence-corrected chi connectivity index (χ1v) is 9.39. The van der Waals surface area contributed by atoms with Crippen LogP contribution in [0.2, 0.25) is 0 Å². The van der Waals surface area contributed by atoms with E-state index >= 15 is 0 Å². The van der Waals surface area contributed by atoms with Crippen molar-refractivity contribution in [1.82, 2.24) is 0 Å². The molecule has 2 aromatic rings. The summed E-state index contributed by atoms with van der Waals surface area (Å²) in [5.41, 5.74) is -1.08. The summed E-state index contributed by atoms with van der Waals surface area (Å²) in [6, 6.07) is 6.77. The van der Waals surface area contributed by atoms with E-state index in [-0.39, 0.29) is 11.7 Å². The number of hydrogen-bond acceptors (Lipinski definition) is 4. The van der Waals surface area contributed by atoms with E-state index in [0.29, 0.717) is 6.42 Å². The summed E-state index contributed by atoms with van der Waals surface area (Å²) in [7, 11) is -4.45. The Labute approximate surface area is 142 Å². The van der Waals surface area contributed by atoms with E-state index in [1.54, 1.807) is 11.3 Å². The molecule has 1 atom stereocenters. The number of halogens is 3. The Hall–Kier alpha value is -1.58. The summed E-state index contributed by atoms with van der Waals surface area (Å²) >= 11 is 1.62. The number of aryl methyl sites for hydroxylation is 1. The molecule has 1 heterocycles. The van der Waals surface area contributed by atoms with Crippen LogP contribution in [0.15, 0.2) is 35.2 Å². The topological polar surface area (TPSA) is 72.2 Å². The molecule has 3 N–H and O–H groups in total. The van der Waals surface area contributed by atoms with Gasteiger partial charge in [0.1, 0.15) is 0 Å². The quantitative estimate of drug-likeness (QED) is 0.832. The maximum absolute atomic E-state index is 13.1. The molecule has 9 heteroatoms. The fourth-order valence-electron chi connectivity index (χ4n) is 2.32. The standard InChI is InChI=1S/C15H17F3N2O2S2/c1-9(7-12-5-3-10(2)23-12)20-11-4-6-14(24(19,21)22)13(8-11)15(16,17)18/h3-6,8-9,20H,7H2,1-2H3,(H2,19,21,22). The van der Waals surface area contributed by atoms with Crippen LogP contribution >= 0.6 is 11.3 Å². The fraction of sp³-hybridized carbons (Fsp3) is 0.333. The van der Waals surface area contributed by atoms with Gasteiger partial charge in [0.15, 0.2) is 0 Å². The maximum Gasteiger partial charge on any atom is 0.417 e. The number of rotatable bonds is 5. The Bertz CT molecular complexity index is 829. The predicted molar refractivity (Wildman–Crippen MR) is 88.7 cm³/mol. The van der Waals surface area contributed by atoms with Crippen LogP contribution in [0.25, 0.3) is 0 Å². The molecule has 1 aromatic heterocycles. The van der Waals surface area contributed by atoms with Gasteiger partial charge in [-0.2, -0.15) is 13.2 Å². The van der Waals surface area contributed by atoms with Gasteiger partial charge in [-0.05, 0) is 44.2 Å². The molecule has 132 valence electrons. The van der Waals surface area contributed by atoms with E-state index < -0.39 is 26.7 Å². The second-order valence-electron chi connectivity index (χ2n) is 5.52. The maximum atomic E-state index is 13.1. The minimum atomic E-state index is -4.81. The van der Waals surface area contributed by atoms with Crippen molar-refractivity contribution >= 4 is 27.0 Å². The highest BCUT2D eigenvalue weighted by Gasteiger charge is 2.36. The summed E-state index contributed by atoms with van der Waals surface area (Å²) in [4.78, 5) is 1.35. The summed E-state index contributed by atoms with van der Waals surface area (Å²) in [6.07, 6.45) is -4.16. The van der Waals surface area contributed by atoms with Gasteiger partial charge in [-0.15, -0.1) is 11.3 Å². The number of primary sulfonamides is 1. The number of sulfonamides is 1. The van der Waals surface area contributed by atoms with Crippen LogP contribution in [0, 0.1) is 6.92 Å². The molecule has 0 spiro atoms. The summed E-state index contributed by atoms with van der Waals surface area (Å²) in [5, 5.41) is 7.83. The second-order valence-corrected chi connectivity index (χ2v) is 8.42. The number of anilines is 1. The van der Waals surface area contributed by atoms with Gasteiger partial charge >= 0.3 is 6.18 Å². The number of benzene rings is 1. The van der Waals surface area contributed by atoms with Crippen LogP contribution < -0.4 is 10.5 Å². The Morgan fingerprint density at radius 1 is 1.25 bits per heavy atom. The van der Waals surface area contributed by atoms with E-state index in [0.717, 1.165) is 21.9 Å². The Morgan fingerprint density at radius 2 is 1.92 bits per heavy atom. The Kier molecular flexibility index (Phi) is 5.26. The molecular weight excluding hydrogens is 361 g/mol. The van der Waals surface area contributed by atoms with Crippen molar-refractivity contribution in [2.24, 2.45) is 5.14 Å². The van der Waals surface area contributed by atoms with Gasteiger partial charge in [0.05, 0.1) is 10.5 Å². The van der Waals surface area contributed by atoms with Gasteiger partial charge in [-0.3, -0.25) is 0 Å². The third-order valence-electron chi connectivity index (χ3n) is 3.31. The highest BCUT2D eigenvalue weighted by atomic mass is 32.2. The number of alkyl halides is 3. The minimum Gasteiger partial charge on any atom is -0.382 e. The highest BCUT2D eigenvalue weighted by Crippen LogP contribution is 2.35. The molecule has 0 aliphatic rings. The SMILES string of the molecule is Cc1ccc(CC(C)Nc2ccc(S(N)(=O)=O)c(C(F)(F)F)c2)s1. The average molecular weight is 378 g/mol. The molecule has 0 saturated heterocycles. The van der Waals surface area contributed by atoms with Crippen LogP contribution in [-0.2, 0) is 22.6 Å². The van der Waals surface area contributed by atoms with Crippen molar-refractivity contribution in [1.29, 1.82) is 0 Å². The second kappa shape index (κ2) is 6.73. The van der Waals surface area contributed by atoms with Crippen molar-refractivity contribution in [3.8, 4) is 0 Å². The molecule has 0 aliphatic heterocycles. The highest BCUT2D eigenvalue weighted by molar-refractivity contribution is 7.89. The molecule has 4 nitrogen and oxygen atoms in total. The van der Waals surface area contributed by atoms with Gasteiger partial charge in [-0.25, -0.2) is 13.6 Å². The first-order chi connectivity index (χ1) is 11.0. The van der Waals surface area contributed by atoms with E-state index in [1.165, 1.54) is 6.07 Å². The average Bonchev–Trinajstić information content (AvgIpc) is 2.81. The first-order valence-electron chi connectivity index (χ1n) is 7.02. The lowest BCUT2D eigenvalue weighted by Crippen LogP contribution is -2.21. The van der Waals surface area contributed by atoms with Crippen molar-refractivity contribution in [3.63, 3.8) is 0 Å². The lowest BCUT2D eigenvalue weighted by atomic mass is 10.1. The fourth-order valence-corrected chi connectivity index (χ4v) is 4.08. The van der Waals surface area contributed by atoms with Gasteiger partial charge in [0.2, 0.25) is 10.0 Å². The zero-order valence-corrected chi connectivity index (χ0v) is 14.6. The van der Waals surface area contributed by atoms with Crippen LogP contribution in [0.5, 0.6) is 0 Å². The molecule has 1 unspecified atom stereocenters. The predicted octanol–water partition coefficient (Wildman–Crippen LogP) is 3.77. The third kappa shape index (κ3) is 4.71.